The van der Waals surface area contributed by atoms with Gasteiger partial charge in [-0.15, -0.1) is 0 Å². The quantitative estimate of drug-likeness (QED) is 0.393. The third kappa shape index (κ3) is 3.93. The van der Waals surface area contributed by atoms with Crippen molar-refractivity contribution in [3.05, 3.63) is 25.3 Å². The fraction of sp³-hybridized carbons (Fsp3) is 0.600. The van der Waals surface area contributed by atoms with Gasteiger partial charge < -0.3 is 16.9 Å². The molecule has 0 aliphatic heterocycles. The number of rotatable bonds is 5. The van der Waals surface area contributed by atoms with E-state index in [2.05, 4.69) is 34.1 Å². The average Bonchev–Trinajstić information content (AvgIpc) is 1.88. The van der Waals surface area contributed by atoms with Crippen LogP contribution in [0.4, 0.5) is 0 Å². The Kier molecular flexibility index (Phi) is 7.45. The van der Waals surface area contributed by atoms with E-state index in [1.165, 1.54) is 0 Å². The minimum Gasteiger partial charge on any atom is -1.00 e. The number of nitrogens with zero attached hydrogens (tertiary/aromatic N) is 1. The molecule has 2 heteroatoms. The summed E-state index contributed by atoms with van der Waals surface area (Å²) in [6.45, 7) is 14.0. The highest BCUT2D eigenvalue weighted by Crippen LogP contribution is 2.09. The summed E-state index contributed by atoms with van der Waals surface area (Å²) < 4.78 is 1.01. The van der Waals surface area contributed by atoms with Crippen LogP contribution in [0, 0.1) is 0 Å². The highest BCUT2D eigenvalue weighted by molar-refractivity contribution is 4.71. The van der Waals surface area contributed by atoms with Crippen LogP contribution in [0.1, 0.15) is 13.8 Å². The Morgan fingerprint density at radius 2 is 1.50 bits per heavy atom. The average molecular weight is 190 g/mol. The molecule has 0 atom stereocenters. The molecular weight excluding hydrogens is 170 g/mol. The van der Waals surface area contributed by atoms with Crippen molar-refractivity contribution >= 4 is 0 Å². The third-order valence-electron chi connectivity index (χ3n) is 2.34. The maximum absolute atomic E-state index is 3.76. The monoisotopic (exact) mass is 189 g/mol. The Hall–Kier alpha value is -0.270. The van der Waals surface area contributed by atoms with Gasteiger partial charge in [-0.3, -0.25) is 0 Å². The summed E-state index contributed by atoms with van der Waals surface area (Å²) >= 11 is 0. The minimum atomic E-state index is 0. The lowest BCUT2D eigenvalue weighted by molar-refractivity contribution is -0.918. The molecule has 0 aromatic carbocycles. The van der Waals surface area contributed by atoms with E-state index in [0.717, 1.165) is 17.6 Å². The van der Waals surface area contributed by atoms with Gasteiger partial charge in [-0.2, -0.15) is 0 Å². The van der Waals surface area contributed by atoms with Gasteiger partial charge in [0.05, 0.1) is 26.2 Å². The SMILES string of the molecule is C=CC[N+](C)(CC=C)C(C)C.[Cl-]. The lowest BCUT2D eigenvalue weighted by Gasteiger charge is -2.36. The van der Waals surface area contributed by atoms with Gasteiger partial charge in [0.25, 0.3) is 0 Å². The van der Waals surface area contributed by atoms with Crippen LogP contribution in [0.3, 0.4) is 0 Å². The van der Waals surface area contributed by atoms with E-state index in [1.807, 2.05) is 12.2 Å². The smallest absolute Gasteiger partial charge is 0.0973 e. The molecule has 0 aromatic heterocycles. The van der Waals surface area contributed by atoms with Crippen LogP contribution in [0.25, 0.3) is 0 Å². The van der Waals surface area contributed by atoms with E-state index in [-0.39, 0.29) is 12.4 Å². The largest absolute Gasteiger partial charge is 1.00 e. The zero-order valence-electron chi connectivity index (χ0n) is 8.39. The predicted octanol–water partition coefficient (Wildman–Crippen LogP) is -0.783. The zero-order valence-corrected chi connectivity index (χ0v) is 9.14. The van der Waals surface area contributed by atoms with Crippen molar-refractivity contribution in [2.75, 3.05) is 20.1 Å². The Bertz CT molecular complexity index is 131. The maximum Gasteiger partial charge on any atom is 0.0973 e. The number of hydrogen-bond donors (Lipinski definition) is 0. The van der Waals surface area contributed by atoms with Crippen LogP contribution in [0.2, 0.25) is 0 Å². The highest BCUT2D eigenvalue weighted by Gasteiger charge is 2.21. The normalized spacial score (nSPS) is 10.7. The fourth-order valence-electron chi connectivity index (χ4n) is 1.09. The van der Waals surface area contributed by atoms with Gasteiger partial charge in [0.15, 0.2) is 0 Å². The number of likely N-dealkylation sites (N-methyl/N-ethyl adjacent to an activating group) is 1. The molecule has 72 valence electrons. The van der Waals surface area contributed by atoms with Gasteiger partial charge in [0.1, 0.15) is 0 Å². The van der Waals surface area contributed by atoms with Crippen molar-refractivity contribution in [1.82, 2.24) is 0 Å². The van der Waals surface area contributed by atoms with Gasteiger partial charge in [-0.05, 0) is 26.0 Å². The Labute approximate surface area is 82.8 Å². The van der Waals surface area contributed by atoms with Crippen molar-refractivity contribution in [3.63, 3.8) is 0 Å². The molecule has 0 saturated carbocycles. The van der Waals surface area contributed by atoms with E-state index < -0.39 is 0 Å². The van der Waals surface area contributed by atoms with Crippen molar-refractivity contribution in [2.24, 2.45) is 0 Å². The van der Waals surface area contributed by atoms with Gasteiger partial charge >= 0.3 is 0 Å². The number of hydrogen-bond acceptors (Lipinski definition) is 0. The molecule has 0 heterocycles. The Balaban J connectivity index is 0. The second kappa shape index (κ2) is 6.27. The lowest BCUT2D eigenvalue weighted by Crippen LogP contribution is -3.00. The molecule has 0 amide bonds. The minimum absolute atomic E-state index is 0. The molecule has 0 rings (SSSR count). The molecule has 0 radical (unpaired) electrons. The van der Waals surface area contributed by atoms with Crippen LogP contribution in [0.5, 0.6) is 0 Å². The molecule has 0 spiro atoms. The van der Waals surface area contributed by atoms with Crippen LogP contribution in [-0.2, 0) is 0 Å². The fourth-order valence-corrected chi connectivity index (χ4v) is 1.09. The molecule has 0 bridgehead atoms. The molecule has 0 aliphatic rings. The summed E-state index contributed by atoms with van der Waals surface area (Å²) in [6.07, 6.45) is 3.95. The molecule has 0 saturated heterocycles. The van der Waals surface area contributed by atoms with E-state index in [9.17, 15) is 0 Å². The molecule has 0 fully saturated rings. The Morgan fingerprint density at radius 1 is 1.17 bits per heavy atom. The van der Waals surface area contributed by atoms with Crippen molar-refractivity contribution in [2.45, 2.75) is 19.9 Å². The summed E-state index contributed by atoms with van der Waals surface area (Å²) in [5.41, 5.74) is 0. The molecular formula is C10H20ClN. The number of quaternary nitrogens is 1. The van der Waals surface area contributed by atoms with Gasteiger partial charge in [-0.1, -0.05) is 13.2 Å². The van der Waals surface area contributed by atoms with E-state index in [0.29, 0.717) is 6.04 Å². The topological polar surface area (TPSA) is 0 Å². The molecule has 0 aromatic rings. The van der Waals surface area contributed by atoms with Gasteiger partial charge in [-0.25, -0.2) is 0 Å². The summed E-state index contributed by atoms with van der Waals surface area (Å²) in [5, 5.41) is 0. The van der Waals surface area contributed by atoms with E-state index in [1.54, 1.807) is 0 Å². The molecule has 0 N–H and O–H groups in total. The first kappa shape index (κ1) is 14.3. The van der Waals surface area contributed by atoms with Gasteiger partial charge in [0, 0.05) is 0 Å². The second-order valence-corrected chi connectivity index (χ2v) is 3.52. The first-order chi connectivity index (χ1) is 5.06. The molecule has 1 nitrogen and oxygen atoms in total. The summed E-state index contributed by atoms with van der Waals surface area (Å²) in [5.74, 6) is 0. The summed E-state index contributed by atoms with van der Waals surface area (Å²) in [4.78, 5) is 0. The predicted molar refractivity (Wildman–Crippen MR) is 51.4 cm³/mol. The standard InChI is InChI=1S/C10H20N.ClH/c1-6-8-11(5,9-7-2)10(3)4;/h6-7,10H,1-2,8-9H2,3-5H3;1H/q+1;/p-1. The molecule has 12 heavy (non-hydrogen) atoms. The van der Waals surface area contributed by atoms with Crippen molar-refractivity contribution < 1.29 is 16.9 Å². The van der Waals surface area contributed by atoms with Crippen LogP contribution in [0.15, 0.2) is 25.3 Å². The Morgan fingerprint density at radius 3 is 1.67 bits per heavy atom. The first-order valence-corrected chi connectivity index (χ1v) is 4.13. The van der Waals surface area contributed by atoms with Crippen LogP contribution >= 0.6 is 0 Å². The lowest BCUT2D eigenvalue weighted by atomic mass is 10.2. The van der Waals surface area contributed by atoms with E-state index >= 15 is 0 Å². The number of halogens is 1. The van der Waals surface area contributed by atoms with Gasteiger partial charge in [0.2, 0.25) is 0 Å². The van der Waals surface area contributed by atoms with Crippen molar-refractivity contribution in [3.8, 4) is 0 Å². The second-order valence-electron chi connectivity index (χ2n) is 3.52. The van der Waals surface area contributed by atoms with Crippen LogP contribution in [-0.4, -0.2) is 30.7 Å². The zero-order chi connectivity index (χ0) is 8.91. The third-order valence-corrected chi connectivity index (χ3v) is 2.34. The molecule has 0 aliphatic carbocycles. The van der Waals surface area contributed by atoms with Crippen molar-refractivity contribution in [1.29, 1.82) is 0 Å². The highest BCUT2D eigenvalue weighted by atomic mass is 35.5. The first-order valence-electron chi connectivity index (χ1n) is 4.13. The molecule has 0 unspecified atom stereocenters. The summed E-state index contributed by atoms with van der Waals surface area (Å²) in [7, 11) is 2.23. The maximum atomic E-state index is 3.76. The summed E-state index contributed by atoms with van der Waals surface area (Å²) in [6, 6.07) is 0.631. The van der Waals surface area contributed by atoms with Crippen LogP contribution < -0.4 is 12.4 Å². The van der Waals surface area contributed by atoms with E-state index in [4.69, 9.17) is 0 Å².